The van der Waals surface area contributed by atoms with Crippen molar-refractivity contribution in [3.63, 3.8) is 0 Å². The van der Waals surface area contributed by atoms with E-state index in [1.165, 1.54) is 7.11 Å². The zero-order valence-corrected chi connectivity index (χ0v) is 17.4. The summed E-state index contributed by atoms with van der Waals surface area (Å²) in [5.74, 6) is -1.85. The van der Waals surface area contributed by atoms with Crippen molar-refractivity contribution in [2.24, 2.45) is 16.0 Å². The highest BCUT2D eigenvalue weighted by Crippen LogP contribution is 2.37. The van der Waals surface area contributed by atoms with Crippen LogP contribution >= 0.6 is 11.3 Å². The minimum Gasteiger partial charge on any atom is -0.497 e. The molecule has 2 heterocycles. The van der Waals surface area contributed by atoms with Gasteiger partial charge in [0.15, 0.2) is 5.71 Å². The van der Waals surface area contributed by atoms with Crippen LogP contribution in [0, 0.1) is 5.92 Å². The third-order valence-corrected chi connectivity index (χ3v) is 5.74. The van der Waals surface area contributed by atoms with Gasteiger partial charge >= 0.3 is 6.18 Å². The molecular formula is C21H17F3N4O2S. The first-order chi connectivity index (χ1) is 14.8. The molecule has 0 saturated carbocycles. The van der Waals surface area contributed by atoms with Crippen molar-refractivity contribution in [2.75, 3.05) is 12.1 Å². The summed E-state index contributed by atoms with van der Waals surface area (Å²) in [4.78, 5) is 21.7. The Bertz CT molecular complexity index is 1150. The number of benzene rings is 2. The number of halogens is 3. The minimum atomic E-state index is -4.79. The lowest BCUT2D eigenvalue weighted by atomic mass is 9.95. The predicted octanol–water partition coefficient (Wildman–Crippen LogP) is 5.37. The molecule has 1 amide bonds. The third-order valence-electron chi connectivity index (χ3n) is 4.73. The summed E-state index contributed by atoms with van der Waals surface area (Å²) in [6.07, 6.45) is -4.65. The number of nitrogens with zero attached hydrogens (tertiary/aromatic N) is 4. The number of methoxy groups -OCH3 is 1. The molecule has 31 heavy (non-hydrogen) atoms. The topological polar surface area (TPSA) is 67.2 Å². The van der Waals surface area contributed by atoms with E-state index in [0.717, 1.165) is 21.0 Å². The normalized spacial score (nSPS) is 17.4. The first-order valence-corrected chi connectivity index (χ1v) is 10.2. The molecule has 1 unspecified atom stereocenters. The van der Waals surface area contributed by atoms with Crippen molar-refractivity contribution in [3.05, 3.63) is 48.5 Å². The van der Waals surface area contributed by atoms with Crippen LogP contribution in [0.3, 0.4) is 0 Å². The number of carbonyl (C=O) groups is 1. The maximum Gasteiger partial charge on any atom is 0.432 e. The largest absolute Gasteiger partial charge is 0.497 e. The Morgan fingerprint density at radius 2 is 1.90 bits per heavy atom. The number of thiazole rings is 1. The van der Waals surface area contributed by atoms with Gasteiger partial charge in [-0.05, 0) is 42.8 Å². The van der Waals surface area contributed by atoms with Gasteiger partial charge in [-0.15, -0.1) is 0 Å². The molecule has 0 saturated heterocycles. The Balaban J connectivity index is 1.75. The van der Waals surface area contributed by atoms with Gasteiger partial charge in [0.25, 0.3) is 5.91 Å². The fraction of sp³-hybridized carbons (Fsp3) is 0.238. The summed E-state index contributed by atoms with van der Waals surface area (Å²) in [5, 5.41) is 4.49. The molecule has 10 heteroatoms. The number of anilines is 1. The molecule has 6 nitrogen and oxygen atoms in total. The molecule has 0 spiro atoms. The highest BCUT2D eigenvalue weighted by Gasteiger charge is 2.52. The van der Waals surface area contributed by atoms with Gasteiger partial charge in [0.1, 0.15) is 11.7 Å². The molecule has 3 aromatic rings. The number of carbonyl (C=O) groups excluding carboxylic acids is 1. The van der Waals surface area contributed by atoms with Gasteiger partial charge < -0.3 is 4.74 Å². The van der Waals surface area contributed by atoms with Crippen molar-refractivity contribution in [3.8, 4) is 5.75 Å². The number of rotatable bonds is 5. The van der Waals surface area contributed by atoms with Gasteiger partial charge in [-0.2, -0.15) is 23.3 Å². The molecule has 0 aliphatic carbocycles. The van der Waals surface area contributed by atoms with Crippen molar-refractivity contribution >= 4 is 49.7 Å². The number of hydrogen-bond acceptors (Lipinski definition) is 6. The Labute approximate surface area is 179 Å². The van der Waals surface area contributed by atoms with E-state index in [2.05, 4.69) is 15.1 Å². The number of para-hydroxylation sites is 1. The monoisotopic (exact) mass is 446 g/mol. The summed E-state index contributed by atoms with van der Waals surface area (Å²) in [6, 6.07) is 13.6. The van der Waals surface area contributed by atoms with Crippen LogP contribution in [0.25, 0.3) is 10.2 Å². The van der Waals surface area contributed by atoms with Gasteiger partial charge in [-0.25, -0.2) is 4.98 Å². The maximum atomic E-state index is 13.8. The molecule has 1 aliphatic rings. The number of hydrazone groups is 1. The van der Waals surface area contributed by atoms with Crippen molar-refractivity contribution in [2.45, 2.75) is 19.5 Å². The van der Waals surface area contributed by atoms with E-state index in [1.54, 1.807) is 55.5 Å². The summed E-state index contributed by atoms with van der Waals surface area (Å²) in [6.45, 7) is 1.66. The maximum absolute atomic E-state index is 13.8. The molecule has 2 aromatic carbocycles. The molecule has 1 aliphatic heterocycles. The Morgan fingerprint density at radius 1 is 1.19 bits per heavy atom. The molecule has 0 bridgehead atoms. The van der Waals surface area contributed by atoms with Crippen molar-refractivity contribution < 1.29 is 22.7 Å². The van der Waals surface area contributed by atoms with Gasteiger partial charge in [-0.1, -0.05) is 30.4 Å². The van der Waals surface area contributed by atoms with Crippen molar-refractivity contribution in [1.29, 1.82) is 0 Å². The Morgan fingerprint density at radius 3 is 2.52 bits per heavy atom. The van der Waals surface area contributed by atoms with Gasteiger partial charge in [-0.3, -0.25) is 9.79 Å². The van der Waals surface area contributed by atoms with Gasteiger partial charge in [0.2, 0.25) is 5.13 Å². The summed E-state index contributed by atoms with van der Waals surface area (Å²) < 4.78 is 47.3. The molecule has 1 atom stereocenters. The summed E-state index contributed by atoms with van der Waals surface area (Å²) in [5.41, 5.74) is -0.101. The quantitative estimate of drug-likeness (QED) is 0.495. The fourth-order valence-corrected chi connectivity index (χ4v) is 4.16. The third kappa shape index (κ3) is 4.02. The molecule has 0 fully saturated rings. The predicted molar refractivity (Wildman–Crippen MR) is 114 cm³/mol. The average molecular weight is 446 g/mol. The fourth-order valence-electron chi connectivity index (χ4n) is 3.23. The smallest absolute Gasteiger partial charge is 0.432 e. The van der Waals surface area contributed by atoms with Crippen LogP contribution in [-0.2, 0) is 4.79 Å². The van der Waals surface area contributed by atoms with E-state index >= 15 is 0 Å². The number of aromatic nitrogens is 1. The first kappa shape index (κ1) is 21.0. The van der Waals surface area contributed by atoms with E-state index in [1.807, 2.05) is 0 Å². The number of fused-ring (bicyclic) bond motifs is 1. The molecule has 0 radical (unpaired) electrons. The van der Waals surface area contributed by atoms with Crippen LogP contribution in [-0.4, -0.2) is 35.6 Å². The van der Waals surface area contributed by atoms with E-state index in [0.29, 0.717) is 17.0 Å². The molecule has 4 rings (SSSR count). The zero-order chi connectivity index (χ0) is 22.2. The molecular weight excluding hydrogens is 429 g/mol. The molecule has 1 aromatic heterocycles. The molecule has 160 valence electrons. The summed E-state index contributed by atoms with van der Waals surface area (Å²) in [7, 11) is 1.51. The van der Waals surface area contributed by atoms with Crippen LogP contribution in [0.5, 0.6) is 5.75 Å². The second kappa shape index (κ2) is 8.10. The Kier molecular flexibility index (Phi) is 5.48. The number of amides is 1. The molecule has 0 N–H and O–H groups in total. The second-order valence-corrected chi connectivity index (χ2v) is 7.69. The number of ether oxygens (including phenoxy) is 1. The average Bonchev–Trinajstić information content (AvgIpc) is 3.33. The van der Waals surface area contributed by atoms with Crippen LogP contribution in [0.4, 0.5) is 24.0 Å². The van der Waals surface area contributed by atoms with E-state index < -0.39 is 23.7 Å². The van der Waals surface area contributed by atoms with Gasteiger partial charge in [0.05, 0.1) is 23.0 Å². The van der Waals surface area contributed by atoms with Crippen molar-refractivity contribution in [1.82, 2.24) is 4.98 Å². The lowest BCUT2D eigenvalue weighted by molar-refractivity contribution is -0.119. The second-order valence-electron chi connectivity index (χ2n) is 6.68. The Hall–Kier alpha value is -3.27. The standard InChI is InChI=1S/C21H17F3N4O2S/c1-3-14(25-12-8-10-13(30-2)11-9-12)17-18(21(22,23)24)27-28(19(17)29)20-26-15-6-4-5-7-16(15)31-20/h4-11,17H,3H2,1-2H3. The lowest BCUT2D eigenvalue weighted by Crippen LogP contribution is -2.38. The lowest BCUT2D eigenvalue weighted by Gasteiger charge is -2.15. The van der Waals surface area contributed by atoms with Gasteiger partial charge in [0, 0.05) is 5.71 Å². The highest BCUT2D eigenvalue weighted by atomic mass is 32.1. The number of alkyl halides is 3. The van der Waals surface area contributed by atoms with E-state index in [9.17, 15) is 18.0 Å². The van der Waals surface area contributed by atoms with Crippen LogP contribution in [0.2, 0.25) is 0 Å². The highest BCUT2D eigenvalue weighted by molar-refractivity contribution is 7.22. The number of hydrogen-bond donors (Lipinski definition) is 0. The SMILES string of the molecule is CCC(=Nc1ccc(OC)cc1)C1C(=O)N(c2nc3ccccc3s2)N=C1C(F)(F)F. The van der Waals surface area contributed by atoms with E-state index in [4.69, 9.17) is 4.74 Å². The first-order valence-electron chi connectivity index (χ1n) is 9.38. The summed E-state index contributed by atoms with van der Waals surface area (Å²) >= 11 is 1.11. The van der Waals surface area contributed by atoms with Crippen LogP contribution in [0.15, 0.2) is 58.6 Å². The van der Waals surface area contributed by atoms with Crippen LogP contribution < -0.4 is 9.75 Å². The number of aliphatic imine (C=N–C) groups is 1. The minimum absolute atomic E-state index is 0.0786. The van der Waals surface area contributed by atoms with Crippen LogP contribution in [0.1, 0.15) is 13.3 Å². The van der Waals surface area contributed by atoms with E-state index in [-0.39, 0.29) is 17.3 Å². The zero-order valence-electron chi connectivity index (χ0n) is 16.6.